The van der Waals surface area contributed by atoms with Gasteiger partial charge in [-0.1, -0.05) is 164 Å². The zero-order chi connectivity index (χ0) is 41.4. The van der Waals surface area contributed by atoms with Crippen molar-refractivity contribution in [3.05, 3.63) is 237 Å². The van der Waals surface area contributed by atoms with E-state index in [0.29, 0.717) is 0 Å². The molecule has 0 aliphatic heterocycles. The molecule has 0 atom stereocenters. The minimum absolute atomic E-state index is 1.13. The van der Waals surface area contributed by atoms with Crippen LogP contribution < -0.4 is 0 Å². The molecule has 3 heteroatoms. The van der Waals surface area contributed by atoms with Crippen molar-refractivity contribution in [2.24, 2.45) is 0 Å². The average Bonchev–Trinajstić information content (AvgIpc) is 3.99. The highest BCUT2D eigenvalue weighted by Crippen LogP contribution is 2.41. The Labute approximate surface area is 364 Å². The fourth-order valence-electron chi connectivity index (χ4n) is 10.2. The SMILES string of the molecule is c1ccc(-c2cccc(-c3ccc(-n4c5ccccc5c5ccc(-n6c7ccccc7c7cc(-c8ccccc8-n8c9ccccc9c9ccccc98)ccc76)cc54)cc3)c2)cc1. The monoisotopic (exact) mass is 801 g/mol. The normalized spacial score (nSPS) is 11.8. The molecule has 0 saturated heterocycles. The maximum absolute atomic E-state index is 2.44. The van der Waals surface area contributed by atoms with Crippen LogP contribution in [0.1, 0.15) is 0 Å². The Bertz CT molecular complexity index is 3850. The lowest BCUT2D eigenvalue weighted by Gasteiger charge is -2.14. The Morgan fingerprint density at radius 3 is 1.30 bits per heavy atom. The molecule has 0 unspecified atom stereocenters. The number of rotatable bonds is 6. The minimum Gasteiger partial charge on any atom is -0.309 e. The lowest BCUT2D eigenvalue weighted by molar-refractivity contribution is 1.15. The van der Waals surface area contributed by atoms with E-state index < -0.39 is 0 Å². The van der Waals surface area contributed by atoms with Gasteiger partial charge in [-0.2, -0.15) is 0 Å². The van der Waals surface area contributed by atoms with Gasteiger partial charge in [-0.15, -0.1) is 0 Å². The van der Waals surface area contributed by atoms with Crippen LogP contribution in [0, 0.1) is 0 Å². The van der Waals surface area contributed by atoms with Crippen LogP contribution in [0.4, 0.5) is 0 Å². The molecule has 13 aromatic rings. The molecular formula is C60H39N3. The van der Waals surface area contributed by atoms with E-state index in [2.05, 4.69) is 250 Å². The van der Waals surface area contributed by atoms with Crippen molar-refractivity contribution in [1.29, 1.82) is 0 Å². The Hall–Kier alpha value is -8.40. The summed E-state index contributed by atoms with van der Waals surface area (Å²) in [5, 5.41) is 7.47. The van der Waals surface area contributed by atoms with Gasteiger partial charge in [-0.25, -0.2) is 0 Å². The largest absolute Gasteiger partial charge is 0.309 e. The number of aromatic nitrogens is 3. The summed E-state index contributed by atoms with van der Waals surface area (Å²) in [4.78, 5) is 0. The number of benzene rings is 10. The van der Waals surface area contributed by atoms with Crippen LogP contribution in [0.15, 0.2) is 237 Å². The van der Waals surface area contributed by atoms with Crippen LogP contribution in [0.5, 0.6) is 0 Å². The highest BCUT2D eigenvalue weighted by atomic mass is 15.0. The van der Waals surface area contributed by atoms with Gasteiger partial charge in [-0.3, -0.25) is 0 Å². The third kappa shape index (κ3) is 5.53. The van der Waals surface area contributed by atoms with Gasteiger partial charge >= 0.3 is 0 Å². The Morgan fingerprint density at radius 2 is 0.651 bits per heavy atom. The summed E-state index contributed by atoms with van der Waals surface area (Å²) in [6.07, 6.45) is 0. The van der Waals surface area contributed by atoms with Gasteiger partial charge in [0, 0.05) is 49.3 Å². The first kappa shape index (κ1) is 35.4. The molecule has 0 radical (unpaired) electrons. The molecular weight excluding hydrogens is 763 g/mol. The fourth-order valence-corrected chi connectivity index (χ4v) is 10.2. The van der Waals surface area contributed by atoms with Crippen LogP contribution in [0.25, 0.3) is 116 Å². The van der Waals surface area contributed by atoms with Gasteiger partial charge in [-0.05, 0) is 101 Å². The first-order valence-electron chi connectivity index (χ1n) is 21.7. The van der Waals surface area contributed by atoms with Crippen LogP contribution >= 0.6 is 0 Å². The predicted molar refractivity (Wildman–Crippen MR) is 266 cm³/mol. The third-order valence-corrected chi connectivity index (χ3v) is 13.1. The predicted octanol–water partition coefficient (Wildman–Crippen LogP) is 16.0. The maximum Gasteiger partial charge on any atom is 0.0561 e. The van der Waals surface area contributed by atoms with Crippen LogP contribution in [-0.2, 0) is 0 Å². The molecule has 3 aromatic heterocycles. The summed E-state index contributed by atoms with van der Waals surface area (Å²) in [7, 11) is 0. The summed E-state index contributed by atoms with van der Waals surface area (Å²) in [6, 6.07) is 86.4. The van der Waals surface area contributed by atoms with Gasteiger partial charge in [0.1, 0.15) is 0 Å². The van der Waals surface area contributed by atoms with E-state index >= 15 is 0 Å². The van der Waals surface area contributed by atoms with E-state index in [1.807, 2.05) is 0 Å². The Balaban J connectivity index is 0.953. The maximum atomic E-state index is 2.44. The summed E-state index contributed by atoms with van der Waals surface area (Å²) >= 11 is 0. The first-order chi connectivity index (χ1) is 31.3. The zero-order valence-corrected chi connectivity index (χ0v) is 34.4. The number of para-hydroxylation sites is 5. The van der Waals surface area contributed by atoms with Crippen molar-refractivity contribution in [2.75, 3.05) is 0 Å². The van der Waals surface area contributed by atoms with Gasteiger partial charge in [0.05, 0.1) is 38.8 Å². The standard InChI is InChI=1S/C60H39N3/c1-2-15-40(16-3-1)42-17-14-18-43(37-42)41-29-32-45(33-30-41)61-55-25-10-5-22-50(55)52-35-34-46(39-60(52)61)62-56-26-11-8-23-51(56)53-38-44(31-36-59(53)62)47-19-4-9-24-54(47)63-57-27-12-6-20-48(57)49-21-7-13-28-58(49)63/h1-39H. The van der Waals surface area contributed by atoms with E-state index in [0.717, 1.165) is 11.4 Å². The molecule has 0 aliphatic rings. The number of hydrogen-bond acceptors (Lipinski definition) is 0. The van der Waals surface area contributed by atoms with Crippen molar-refractivity contribution in [3.63, 3.8) is 0 Å². The molecule has 3 heterocycles. The lowest BCUT2D eigenvalue weighted by atomic mass is 9.99. The third-order valence-electron chi connectivity index (χ3n) is 13.1. The molecule has 63 heavy (non-hydrogen) atoms. The van der Waals surface area contributed by atoms with Crippen molar-refractivity contribution < 1.29 is 0 Å². The number of fused-ring (bicyclic) bond motifs is 9. The molecule has 0 N–H and O–H groups in total. The van der Waals surface area contributed by atoms with Crippen molar-refractivity contribution >= 4 is 65.4 Å². The number of hydrogen-bond donors (Lipinski definition) is 0. The second-order valence-electron chi connectivity index (χ2n) is 16.5. The van der Waals surface area contributed by atoms with Crippen molar-refractivity contribution in [2.45, 2.75) is 0 Å². The molecule has 0 fully saturated rings. The molecule has 0 saturated carbocycles. The summed E-state index contributed by atoms with van der Waals surface area (Å²) in [5.74, 6) is 0. The summed E-state index contributed by atoms with van der Waals surface area (Å²) in [6.45, 7) is 0. The van der Waals surface area contributed by atoms with Crippen LogP contribution in [0.2, 0.25) is 0 Å². The van der Waals surface area contributed by atoms with E-state index in [9.17, 15) is 0 Å². The molecule has 0 bridgehead atoms. The summed E-state index contributed by atoms with van der Waals surface area (Å²) in [5.41, 5.74) is 17.8. The van der Waals surface area contributed by atoms with E-state index in [4.69, 9.17) is 0 Å². The second kappa shape index (κ2) is 14.1. The second-order valence-corrected chi connectivity index (χ2v) is 16.5. The number of nitrogens with zero attached hydrogens (tertiary/aromatic N) is 3. The van der Waals surface area contributed by atoms with Gasteiger partial charge in [0.2, 0.25) is 0 Å². The first-order valence-corrected chi connectivity index (χ1v) is 21.7. The highest BCUT2D eigenvalue weighted by Gasteiger charge is 2.19. The highest BCUT2D eigenvalue weighted by molar-refractivity contribution is 6.13. The van der Waals surface area contributed by atoms with Gasteiger partial charge in [0.25, 0.3) is 0 Å². The average molecular weight is 802 g/mol. The molecule has 13 rings (SSSR count). The zero-order valence-electron chi connectivity index (χ0n) is 34.4. The quantitative estimate of drug-likeness (QED) is 0.159. The molecule has 0 spiro atoms. The smallest absolute Gasteiger partial charge is 0.0561 e. The topological polar surface area (TPSA) is 14.8 Å². The van der Waals surface area contributed by atoms with Crippen LogP contribution in [-0.4, -0.2) is 13.7 Å². The van der Waals surface area contributed by atoms with E-state index in [1.165, 1.54) is 104 Å². The fraction of sp³-hybridized carbons (Fsp3) is 0. The van der Waals surface area contributed by atoms with Crippen molar-refractivity contribution in [1.82, 2.24) is 13.7 Å². The minimum atomic E-state index is 1.13. The van der Waals surface area contributed by atoms with Crippen LogP contribution in [0.3, 0.4) is 0 Å². The van der Waals surface area contributed by atoms with E-state index in [-0.39, 0.29) is 0 Å². The van der Waals surface area contributed by atoms with Gasteiger partial charge in [0.15, 0.2) is 0 Å². The summed E-state index contributed by atoms with van der Waals surface area (Å²) < 4.78 is 7.30. The van der Waals surface area contributed by atoms with E-state index in [1.54, 1.807) is 0 Å². The molecule has 10 aromatic carbocycles. The molecule has 3 nitrogen and oxygen atoms in total. The molecule has 0 amide bonds. The lowest BCUT2D eigenvalue weighted by Crippen LogP contribution is -1.98. The Morgan fingerprint density at radius 1 is 0.206 bits per heavy atom. The molecule has 294 valence electrons. The van der Waals surface area contributed by atoms with Gasteiger partial charge < -0.3 is 13.7 Å². The Kier molecular flexibility index (Phi) is 7.91. The van der Waals surface area contributed by atoms with Crippen molar-refractivity contribution in [3.8, 4) is 50.4 Å². The molecule has 0 aliphatic carbocycles.